The summed E-state index contributed by atoms with van der Waals surface area (Å²) in [4.78, 5) is 2.05. The number of hydrazine groups is 1. The van der Waals surface area contributed by atoms with Crippen molar-refractivity contribution >= 4 is 0 Å². The largest absolute Gasteiger partial charge is 0.493 e. The molecular formula is C12H19N3O. The molecule has 1 atom stereocenters. The van der Waals surface area contributed by atoms with Crippen molar-refractivity contribution in [2.75, 3.05) is 20.7 Å². The van der Waals surface area contributed by atoms with Gasteiger partial charge in [-0.3, -0.25) is 10.7 Å². The molecule has 0 saturated carbocycles. The Hall–Kier alpha value is -1.10. The van der Waals surface area contributed by atoms with Gasteiger partial charge in [0.15, 0.2) is 0 Å². The predicted octanol–water partition coefficient (Wildman–Crippen LogP) is 1.04. The van der Waals surface area contributed by atoms with Gasteiger partial charge in [0.1, 0.15) is 5.75 Å². The zero-order chi connectivity index (χ0) is 11.5. The van der Waals surface area contributed by atoms with E-state index in [4.69, 9.17) is 10.6 Å². The topological polar surface area (TPSA) is 50.5 Å². The molecule has 0 radical (unpaired) electrons. The maximum absolute atomic E-state index is 5.59. The summed E-state index contributed by atoms with van der Waals surface area (Å²) in [5.41, 5.74) is 5.27. The highest BCUT2D eigenvalue weighted by atomic mass is 16.5. The Morgan fingerprint density at radius 1 is 1.44 bits per heavy atom. The van der Waals surface area contributed by atoms with E-state index in [-0.39, 0.29) is 6.17 Å². The van der Waals surface area contributed by atoms with Gasteiger partial charge >= 0.3 is 0 Å². The molecule has 4 heteroatoms. The molecule has 1 aromatic rings. The van der Waals surface area contributed by atoms with Crippen molar-refractivity contribution in [2.45, 2.75) is 19.0 Å². The third-order valence-corrected chi connectivity index (χ3v) is 2.92. The molecule has 1 aromatic carbocycles. The minimum Gasteiger partial charge on any atom is -0.493 e. The van der Waals surface area contributed by atoms with Crippen LogP contribution in [-0.2, 0) is 6.42 Å². The summed E-state index contributed by atoms with van der Waals surface area (Å²) in [6.45, 7) is 0.832. The van der Waals surface area contributed by atoms with Crippen molar-refractivity contribution in [3.63, 3.8) is 0 Å². The van der Waals surface area contributed by atoms with E-state index in [0.29, 0.717) is 0 Å². The number of nitrogens with two attached hydrogens (primary N) is 1. The number of nitrogens with zero attached hydrogens (tertiary/aromatic N) is 1. The molecule has 1 unspecified atom stereocenters. The van der Waals surface area contributed by atoms with Gasteiger partial charge in [0.2, 0.25) is 0 Å². The highest BCUT2D eigenvalue weighted by Gasteiger charge is 2.16. The molecular weight excluding hydrogens is 202 g/mol. The smallest absolute Gasteiger partial charge is 0.122 e. The van der Waals surface area contributed by atoms with E-state index >= 15 is 0 Å². The zero-order valence-corrected chi connectivity index (χ0v) is 9.86. The van der Waals surface area contributed by atoms with Crippen LogP contribution in [0.2, 0.25) is 0 Å². The molecule has 2 rings (SSSR count). The maximum atomic E-state index is 5.59. The molecule has 1 heterocycles. The van der Waals surface area contributed by atoms with E-state index in [1.165, 1.54) is 11.1 Å². The van der Waals surface area contributed by atoms with Crippen molar-refractivity contribution in [1.29, 1.82) is 0 Å². The van der Waals surface area contributed by atoms with Crippen molar-refractivity contribution in [2.24, 2.45) is 5.84 Å². The van der Waals surface area contributed by atoms with E-state index in [2.05, 4.69) is 17.6 Å². The number of ether oxygens (including phenoxy) is 1. The van der Waals surface area contributed by atoms with Gasteiger partial charge in [0.05, 0.1) is 12.8 Å². The summed E-state index contributed by atoms with van der Waals surface area (Å²) < 4.78 is 5.59. The highest BCUT2D eigenvalue weighted by Crippen LogP contribution is 2.28. The van der Waals surface area contributed by atoms with Gasteiger partial charge in [-0.05, 0) is 50.2 Å². The Bertz CT molecular complexity index is 365. The summed E-state index contributed by atoms with van der Waals surface area (Å²) in [5.74, 6) is 6.58. The molecule has 1 aliphatic heterocycles. The number of fused-ring (bicyclic) bond motifs is 1. The fourth-order valence-electron chi connectivity index (χ4n) is 2.09. The molecule has 0 saturated heterocycles. The lowest BCUT2D eigenvalue weighted by Gasteiger charge is -2.25. The number of benzene rings is 1. The van der Waals surface area contributed by atoms with Gasteiger partial charge in [-0.1, -0.05) is 6.07 Å². The fourth-order valence-corrected chi connectivity index (χ4v) is 2.09. The second-order valence-electron chi connectivity index (χ2n) is 4.35. The minimum atomic E-state index is 0.0484. The molecule has 0 spiro atoms. The zero-order valence-electron chi connectivity index (χ0n) is 9.86. The van der Waals surface area contributed by atoms with Crippen LogP contribution in [-0.4, -0.2) is 25.6 Å². The standard InChI is InChI=1S/C12H19N3O/c1-15(2)12(14-13)10-5-6-11-9(8-10)4-3-7-16-11/h5-6,8,12,14H,3-4,7,13H2,1-2H3. The monoisotopic (exact) mass is 221 g/mol. The van der Waals surface area contributed by atoms with Gasteiger partial charge in [-0.25, -0.2) is 5.43 Å². The van der Waals surface area contributed by atoms with Crippen LogP contribution in [0.25, 0.3) is 0 Å². The third-order valence-electron chi connectivity index (χ3n) is 2.92. The van der Waals surface area contributed by atoms with Crippen molar-refractivity contribution in [3.8, 4) is 5.75 Å². The number of hydrogen-bond acceptors (Lipinski definition) is 4. The average molecular weight is 221 g/mol. The summed E-state index contributed by atoms with van der Waals surface area (Å²) in [6.07, 6.45) is 2.24. The van der Waals surface area contributed by atoms with Crippen LogP contribution in [0.15, 0.2) is 18.2 Å². The maximum Gasteiger partial charge on any atom is 0.122 e. The van der Waals surface area contributed by atoms with E-state index in [9.17, 15) is 0 Å². The van der Waals surface area contributed by atoms with E-state index in [1.807, 2.05) is 25.1 Å². The molecule has 3 N–H and O–H groups in total. The van der Waals surface area contributed by atoms with Crippen LogP contribution in [0.5, 0.6) is 5.75 Å². The number of rotatable bonds is 3. The summed E-state index contributed by atoms with van der Waals surface area (Å²) >= 11 is 0. The first-order chi connectivity index (χ1) is 7.72. The molecule has 0 aromatic heterocycles. The predicted molar refractivity (Wildman–Crippen MR) is 64.0 cm³/mol. The van der Waals surface area contributed by atoms with Gasteiger partial charge in [-0.15, -0.1) is 0 Å². The molecule has 0 amide bonds. The highest BCUT2D eigenvalue weighted by molar-refractivity contribution is 5.39. The van der Waals surface area contributed by atoms with E-state index in [1.54, 1.807) is 0 Å². The minimum absolute atomic E-state index is 0.0484. The second kappa shape index (κ2) is 4.82. The third kappa shape index (κ3) is 2.19. The first-order valence-electron chi connectivity index (χ1n) is 5.60. The molecule has 0 fully saturated rings. The van der Waals surface area contributed by atoms with E-state index in [0.717, 1.165) is 25.2 Å². The molecule has 16 heavy (non-hydrogen) atoms. The lowest BCUT2D eigenvalue weighted by Crippen LogP contribution is -2.37. The Kier molecular flexibility index (Phi) is 3.43. The summed E-state index contributed by atoms with van der Waals surface area (Å²) in [5, 5.41) is 0. The second-order valence-corrected chi connectivity index (χ2v) is 4.35. The number of hydrogen-bond donors (Lipinski definition) is 2. The Morgan fingerprint density at radius 3 is 2.94 bits per heavy atom. The van der Waals surface area contributed by atoms with Crippen LogP contribution in [0.3, 0.4) is 0 Å². The molecule has 1 aliphatic rings. The van der Waals surface area contributed by atoms with Gasteiger partial charge in [0.25, 0.3) is 0 Å². The van der Waals surface area contributed by atoms with Crippen molar-refractivity contribution < 1.29 is 4.74 Å². The van der Waals surface area contributed by atoms with Crippen LogP contribution < -0.4 is 16.0 Å². The van der Waals surface area contributed by atoms with Crippen LogP contribution in [0.1, 0.15) is 23.7 Å². The lowest BCUT2D eigenvalue weighted by molar-refractivity contribution is 0.251. The molecule has 88 valence electrons. The van der Waals surface area contributed by atoms with Crippen molar-refractivity contribution in [1.82, 2.24) is 10.3 Å². The first-order valence-corrected chi connectivity index (χ1v) is 5.60. The van der Waals surface area contributed by atoms with Crippen molar-refractivity contribution in [3.05, 3.63) is 29.3 Å². The van der Waals surface area contributed by atoms with Gasteiger partial charge in [0, 0.05) is 0 Å². The Labute approximate surface area is 96.3 Å². The van der Waals surface area contributed by atoms with Crippen LogP contribution >= 0.6 is 0 Å². The van der Waals surface area contributed by atoms with Gasteiger partial charge in [-0.2, -0.15) is 0 Å². The molecule has 4 nitrogen and oxygen atoms in total. The normalized spacial score (nSPS) is 16.8. The number of nitrogens with one attached hydrogen (secondary N) is 1. The van der Waals surface area contributed by atoms with Gasteiger partial charge < -0.3 is 4.74 Å². The average Bonchev–Trinajstić information content (AvgIpc) is 2.29. The Balaban J connectivity index is 2.28. The van der Waals surface area contributed by atoms with Crippen LogP contribution in [0.4, 0.5) is 0 Å². The number of aryl methyl sites for hydroxylation is 1. The summed E-state index contributed by atoms with van der Waals surface area (Å²) in [6, 6.07) is 6.28. The SMILES string of the molecule is CN(C)C(NN)c1ccc2c(c1)CCCO2. The first kappa shape index (κ1) is 11.4. The fraction of sp³-hybridized carbons (Fsp3) is 0.500. The Morgan fingerprint density at radius 2 is 2.25 bits per heavy atom. The quantitative estimate of drug-likeness (QED) is 0.455. The molecule has 0 aliphatic carbocycles. The van der Waals surface area contributed by atoms with E-state index < -0.39 is 0 Å². The van der Waals surface area contributed by atoms with Crippen LogP contribution in [0, 0.1) is 0 Å². The molecule has 0 bridgehead atoms. The lowest BCUT2D eigenvalue weighted by atomic mass is 10.0. The summed E-state index contributed by atoms with van der Waals surface area (Å²) in [7, 11) is 4.00.